The first-order valence-corrected chi connectivity index (χ1v) is 11.2. The number of halogens is 1. The summed E-state index contributed by atoms with van der Waals surface area (Å²) in [4.78, 5) is 3.81. The largest absolute Gasteiger partial charge is 0.405 e. The molecule has 22 heavy (non-hydrogen) atoms. The standard InChI is InChI=1S/C16H24ClNO3Si/c1-7-19-15(20-8-2)16(18-3,21-22(4,5)6)13-9-11-14(17)12-10-13/h9-12,15H,7-8H2,1-2,4-6H3. The molecular formula is C16H24ClNO3Si. The lowest BCUT2D eigenvalue weighted by atomic mass is 10.0. The van der Waals surface area contributed by atoms with Gasteiger partial charge < -0.3 is 13.9 Å². The molecule has 1 aromatic carbocycles. The third-order valence-corrected chi connectivity index (χ3v) is 4.02. The number of rotatable bonds is 8. The number of ether oxygens (including phenoxy) is 2. The van der Waals surface area contributed by atoms with E-state index in [2.05, 4.69) is 4.85 Å². The molecule has 4 nitrogen and oxygen atoms in total. The molecule has 0 aliphatic carbocycles. The van der Waals surface area contributed by atoms with Gasteiger partial charge in [0.15, 0.2) is 8.32 Å². The molecular weight excluding hydrogens is 318 g/mol. The first-order chi connectivity index (χ1) is 10.3. The lowest BCUT2D eigenvalue weighted by Gasteiger charge is -2.34. The monoisotopic (exact) mass is 341 g/mol. The molecule has 0 saturated carbocycles. The maximum absolute atomic E-state index is 7.80. The predicted molar refractivity (Wildman–Crippen MR) is 91.2 cm³/mol. The molecule has 0 aromatic heterocycles. The molecule has 0 N–H and O–H groups in total. The topological polar surface area (TPSA) is 32.0 Å². The Bertz CT molecular complexity index is 504. The molecule has 0 fully saturated rings. The van der Waals surface area contributed by atoms with E-state index in [1.165, 1.54) is 0 Å². The fourth-order valence-electron chi connectivity index (χ4n) is 2.12. The quantitative estimate of drug-likeness (QED) is 0.391. The Morgan fingerprint density at radius 1 is 1.14 bits per heavy atom. The minimum atomic E-state index is -2.04. The molecule has 0 saturated heterocycles. The van der Waals surface area contributed by atoms with Crippen molar-refractivity contribution in [2.75, 3.05) is 13.2 Å². The highest BCUT2D eigenvalue weighted by molar-refractivity contribution is 6.69. The van der Waals surface area contributed by atoms with Crippen LogP contribution in [0.5, 0.6) is 0 Å². The van der Waals surface area contributed by atoms with Gasteiger partial charge in [-0.05, 0) is 57.8 Å². The van der Waals surface area contributed by atoms with Crippen LogP contribution in [0.15, 0.2) is 24.3 Å². The Morgan fingerprint density at radius 2 is 1.64 bits per heavy atom. The molecule has 0 aliphatic heterocycles. The molecule has 1 rings (SSSR count). The smallest absolute Gasteiger partial charge is 0.344 e. The Morgan fingerprint density at radius 3 is 2.00 bits per heavy atom. The third kappa shape index (κ3) is 4.80. The normalized spacial score (nSPS) is 14.6. The van der Waals surface area contributed by atoms with Crippen molar-refractivity contribution in [1.29, 1.82) is 0 Å². The molecule has 0 amide bonds. The molecule has 6 heteroatoms. The van der Waals surface area contributed by atoms with Gasteiger partial charge in [0.05, 0.1) is 5.56 Å². The summed E-state index contributed by atoms with van der Waals surface area (Å²) in [6, 6.07) is 7.09. The van der Waals surface area contributed by atoms with E-state index in [-0.39, 0.29) is 0 Å². The van der Waals surface area contributed by atoms with Gasteiger partial charge in [-0.25, -0.2) is 6.57 Å². The second-order valence-corrected chi connectivity index (χ2v) is 10.6. The Labute approximate surface area is 139 Å². The van der Waals surface area contributed by atoms with Crippen LogP contribution >= 0.6 is 11.6 Å². The lowest BCUT2D eigenvalue weighted by molar-refractivity contribution is -0.217. The van der Waals surface area contributed by atoms with Gasteiger partial charge in [0.2, 0.25) is 0 Å². The van der Waals surface area contributed by atoms with E-state index in [4.69, 9.17) is 32.1 Å². The van der Waals surface area contributed by atoms with Gasteiger partial charge >= 0.3 is 5.72 Å². The van der Waals surface area contributed by atoms with Crippen molar-refractivity contribution in [3.63, 3.8) is 0 Å². The second-order valence-electron chi connectivity index (χ2n) is 5.77. The summed E-state index contributed by atoms with van der Waals surface area (Å²) in [5, 5.41) is 0.611. The molecule has 1 unspecified atom stereocenters. The van der Waals surface area contributed by atoms with Gasteiger partial charge in [0.25, 0.3) is 6.29 Å². The van der Waals surface area contributed by atoms with Gasteiger partial charge in [0, 0.05) is 18.2 Å². The Balaban J connectivity index is 3.39. The van der Waals surface area contributed by atoms with Crippen LogP contribution in [0.3, 0.4) is 0 Å². The van der Waals surface area contributed by atoms with Crippen molar-refractivity contribution in [3.05, 3.63) is 46.3 Å². The van der Waals surface area contributed by atoms with Crippen LogP contribution in [0.2, 0.25) is 24.7 Å². The van der Waals surface area contributed by atoms with Crippen LogP contribution in [0, 0.1) is 6.57 Å². The molecule has 0 heterocycles. The van der Waals surface area contributed by atoms with Crippen molar-refractivity contribution in [3.8, 4) is 0 Å². The molecule has 122 valence electrons. The highest BCUT2D eigenvalue weighted by atomic mass is 35.5. The lowest BCUT2D eigenvalue weighted by Crippen LogP contribution is -2.49. The van der Waals surface area contributed by atoms with Gasteiger partial charge in [-0.2, -0.15) is 0 Å². The molecule has 0 radical (unpaired) electrons. The summed E-state index contributed by atoms with van der Waals surface area (Å²) in [5.41, 5.74) is -0.623. The van der Waals surface area contributed by atoms with E-state index in [9.17, 15) is 0 Å². The first kappa shape index (κ1) is 19.1. The zero-order valence-electron chi connectivity index (χ0n) is 13.9. The van der Waals surface area contributed by atoms with Gasteiger partial charge in [0.1, 0.15) is 0 Å². The van der Waals surface area contributed by atoms with Crippen molar-refractivity contribution in [2.24, 2.45) is 0 Å². The van der Waals surface area contributed by atoms with Crippen LogP contribution in [-0.2, 0) is 19.6 Å². The molecule has 1 atom stereocenters. The van der Waals surface area contributed by atoms with Gasteiger partial charge in [-0.1, -0.05) is 11.6 Å². The average Bonchev–Trinajstić information content (AvgIpc) is 2.44. The number of nitrogens with zero attached hydrogens (tertiary/aromatic N) is 1. The van der Waals surface area contributed by atoms with Crippen molar-refractivity contribution >= 4 is 19.9 Å². The Kier molecular flexibility index (Phi) is 7.04. The average molecular weight is 342 g/mol. The predicted octanol–water partition coefficient (Wildman–Crippen LogP) is 4.66. The minimum absolute atomic E-state index is 0.435. The van der Waals surface area contributed by atoms with Crippen LogP contribution in [0.25, 0.3) is 4.85 Å². The molecule has 0 aliphatic rings. The van der Waals surface area contributed by atoms with Crippen molar-refractivity contribution < 1.29 is 13.9 Å². The highest BCUT2D eigenvalue weighted by Gasteiger charge is 2.53. The van der Waals surface area contributed by atoms with E-state index in [0.29, 0.717) is 23.8 Å². The van der Waals surface area contributed by atoms with E-state index in [1.807, 2.05) is 33.5 Å². The molecule has 0 spiro atoms. The number of benzene rings is 1. The molecule has 1 aromatic rings. The van der Waals surface area contributed by atoms with Crippen LogP contribution in [-0.4, -0.2) is 27.8 Å². The molecule has 0 bridgehead atoms. The minimum Gasteiger partial charge on any atom is -0.344 e. The maximum atomic E-state index is 7.80. The second kappa shape index (κ2) is 8.09. The first-order valence-electron chi connectivity index (χ1n) is 7.37. The van der Waals surface area contributed by atoms with E-state index < -0.39 is 20.3 Å². The summed E-state index contributed by atoms with van der Waals surface area (Å²) in [7, 11) is -2.04. The number of hydrogen-bond donors (Lipinski definition) is 0. The zero-order valence-corrected chi connectivity index (χ0v) is 15.6. The SMILES string of the molecule is [C-]#[N+]C(O[Si](C)(C)C)(c1ccc(Cl)cc1)C(OCC)OCC. The highest BCUT2D eigenvalue weighted by Crippen LogP contribution is 2.37. The summed E-state index contributed by atoms with van der Waals surface area (Å²) >= 11 is 5.97. The van der Waals surface area contributed by atoms with Crippen LogP contribution in [0.4, 0.5) is 0 Å². The van der Waals surface area contributed by atoms with E-state index >= 15 is 0 Å². The van der Waals surface area contributed by atoms with Crippen LogP contribution in [0.1, 0.15) is 19.4 Å². The third-order valence-electron chi connectivity index (χ3n) is 2.84. The fraction of sp³-hybridized carbons (Fsp3) is 0.562. The summed E-state index contributed by atoms with van der Waals surface area (Å²) in [5.74, 6) is 0. The zero-order chi connectivity index (χ0) is 16.8. The summed E-state index contributed by atoms with van der Waals surface area (Å²) < 4.78 is 17.7. The van der Waals surface area contributed by atoms with E-state index in [0.717, 1.165) is 0 Å². The summed E-state index contributed by atoms with van der Waals surface area (Å²) in [6.07, 6.45) is -0.784. The van der Waals surface area contributed by atoms with Crippen molar-refractivity contribution in [1.82, 2.24) is 0 Å². The van der Waals surface area contributed by atoms with Gasteiger partial charge in [-0.3, -0.25) is 4.85 Å². The van der Waals surface area contributed by atoms with Gasteiger partial charge in [-0.15, -0.1) is 0 Å². The van der Waals surface area contributed by atoms with E-state index in [1.54, 1.807) is 24.3 Å². The Hall–Kier alpha value is -0.903. The number of hydrogen-bond acceptors (Lipinski definition) is 3. The maximum Gasteiger partial charge on any atom is 0.405 e. The summed E-state index contributed by atoms with van der Waals surface area (Å²) in [6.45, 7) is 18.5. The van der Waals surface area contributed by atoms with Crippen LogP contribution < -0.4 is 0 Å². The fourth-order valence-corrected chi connectivity index (χ4v) is 3.43. The van der Waals surface area contributed by atoms with Crippen molar-refractivity contribution in [2.45, 2.75) is 45.5 Å².